The zero-order valence-corrected chi connectivity index (χ0v) is 18.1. The molecule has 1 aliphatic carbocycles. The lowest BCUT2D eigenvalue weighted by atomic mass is 9.81. The topological polar surface area (TPSA) is 34.4 Å². The first-order chi connectivity index (χ1) is 13.5. The number of halogens is 3. The number of aromatic nitrogens is 1. The minimum Gasteiger partial charge on any atom is -0.312 e. The van der Waals surface area contributed by atoms with E-state index < -0.39 is 11.9 Å². The zero-order chi connectivity index (χ0) is 21.8. The van der Waals surface area contributed by atoms with Gasteiger partial charge in [-0.05, 0) is 67.7 Å². The number of alkyl halides is 3. The standard InChI is InChI=1S/C23H33F3N2O/c1-6-11-22(4,5)15-18(7-2)27-20(23(24,25)26)13-16(3)17-10-12-28(19-8-9-19)21(29)14-17/h10,12-14,18-19H,6-9,11,15H2,1-5H3/b16-13+,27-20?. The van der Waals surface area contributed by atoms with E-state index in [-0.39, 0.29) is 23.1 Å². The van der Waals surface area contributed by atoms with E-state index in [1.807, 2.05) is 6.92 Å². The lowest BCUT2D eigenvalue weighted by molar-refractivity contribution is -0.0581. The van der Waals surface area contributed by atoms with Crippen LogP contribution >= 0.6 is 0 Å². The van der Waals surface area contributed by atoms with E-state index in [1.165, 1.54) is 6.07 Å². The largest absolute Gasteiger partial charge is 0.432 e. The van der Waals surface area contributed by atoms with Gasteiger partial charge in [0.1, 0.15) is 5.71 Å². The van der Waals surface area contributed by atoms with Crippen molar-refractivity contribution in [3.63, 3.8) is 0 Å². The second-order valence-electron chi connectivity index (χ2n) is 8.91. The molecule has 1 aromatic rings. The van der Waals surface area contributed by atoms with Gasteiger partial charge >= 0.3 is 6.18 Å². The minimum atomic E-state index is -4.54. The highest BCUT2D eigenvalue weighted by Crippen LogP contribution is 2.34. The number of allylic oxidation sites excluding steroid dienone is 2. The van der Waals surface area contributed by atoms with Gasteiger partial charge in [0, 0.05) is 18.3 Å². The SMILES string of the molecule is CCCC(C)(C)CC(CC)N=C(/C=C(\C)c1ccn(C2CC2)c(=O)c1)C(F)(F)F. The van der Waals surface area contributed by atoms with E-state index >= 15 is 0 Å². The molecule has 0 bridgehead atoms. The van der Waals surface area contributed by atoms with Crippen LogP contribution in [0, 0.1) is 5.41 Å². The molecule has 0 radical (unpaired) electrons. The molecule has 6 heteroatoms. The number of pyridine rings is 1. The van der Waals surface area contributed by atoms with Crippen LogP contribution in [0.1, 0.15) is 84.7 Å². The molecule has 0 aromatic carbocycles. The second kappa shape index (κ2) is 9.31. The number of rotatable bonds is 9. The monoisotopic (exact) mass is 410 g/mol. The quantitative estimate of drug-likeness (QED) is 0.423. The Kier molecular flexibility index (Phi) is 7.52. The number of aliphatic imine (C=N–C) groups is 1. The normalized spacial score (nSPS) is 17.5. The van der Waals surface area contributed by atoms with Gasteiger partial charge in [-0.3, -0.25) is 9.79 Å². The number of hydrogen-bond donors (Lipinski definition) is 0. The van der Waals surface area contributed by atoms with Crippen LogP contribution < -0.4 is 5.56 Å². The maximum atomic E-state index is 13.7. The molecule has 0 saturated heterocycles. The third kappa shape index (κ3) is 6.86. The Bertz CT molecular complexity index is 814. The van der Waals surface area contributed by atoms with Gasteiger partial charge in [-0.2, -0.15) is 13.2 Å². The summed E-state index contributed by atoms with van der Waals surface area (Å²) in [7, 11) is 0. The van der Waals surface area contributed by atoms with Gasteiger partial charge in [0.2, 0.25) is 0 Å². The van der Waals surface area contributed by atoms with Crippen molar-refractivity contribution in [3.05, 3.63) is 40.3 Å². The van der Waals surface area contributed by atoms with Gasteiger partial charge in [0.05, 0.1) is 6.04 Å². The Morgan fingerprint density at radius 1 is 1.31 bits per heavy atom. The van der Waals surface area contributed by atoms with E-state index in [9.17, 15) is 18.0 Å². The van der Waals surface area contributed by atoms with Crippen LogP contribution in [0.25, 0.3) is 5.57 Å². The highest BCUT2D eigenvalue weighted by Gasteiger charge is 2.35. The van der Waals surface area contributed by atoms with Crippen LogP contribution in [0.4, 0.5) is 13.2 Å². The number of hydrogen-bond acceptors (Lipinski definition) is 2. The van der Waals surface area contributed by atoms with Crippen molar-refractivity contribution in [1.82, 2.24) is 4.57 Å². The minimum absolute atomic E-state index is 0.0539. The lowest BCUT2D eigenvalue weighted by Gasteiger charge is -2.27. The van der Waals surface area contributed by atoms with E-state index in [0.29, 0.717) is 24.0 Å². The maximum absolute atomic E-state index is 13.7. The summed E-state index contributed by atoms with van der Waals surface area (Å²) in [6, 6.07) is 2.98. The third-order valence-corrected chi connectivity index (χ3v) is 5.50. The van der Waals surface area contributed by atoms with Crippen LogP contribution in [-0.2, 0) is 0 Å². The summed E-state index contributed by atoms with van der Waals surface area (Å²) in [6.07, 6.45) is 3.28. The molecule has 0 amide bonds. The smallest absolute Gasteiger partial charge is 0.312 e. The highest BCUT2D eigenvalue weighted by atomic mass is 19.4. The highest BCUT2D eigenvalue weighted by molar-refractivity contribution is 6.04. The fourth-order valence-corrected chi connectivity index (χ4v) is 3.76. The van der Waals surface area contributed by atoms with Crippen molar-refractivity contribution >= 4 is 11.3 Å². The predicted molar refractivity (Wildman–Crippen MR) is 113 cm³/mol. The summed E-state index contributed by atoms with van der Waals surface area (Å²) < 4.78 is 42.7. The Morgan fingerprint density at radius 2 is 1.97 bits per heavy atom. The van der Waals surface area contributed by atoms with Gasteiger partial charge in [-0.1, -0.05) is 34.1 Å². The van der Waals surface area contributed by atoms with Crippen LogP contribution in [0.2, 0.25) is 0 Å². The van der Waals surface area contributed by atoms with E-state index in [2.05, 4.69) is 25.8 Å². The summed E-state index contributed by atoms with van der Waals surface area (Å²) in [5, 5.41) is 0. The molecule has 1 fully saturated rings. The van der Waals surface area contributed by atoms with Gasteiger partial charge in [0.25, 0.3) is 5.56 Å². The first kappa shape index (κ1) is 23.4. The Hall–Kier alpha value is -1.85. The van der Waals surface area contributed by atoms with Crippen molar-refractivity contribution in [2.24, 2.45) is 10.4 Å². The second-order valence-corrected chi connectivity index (χ2v) is 8.91. The van der Waals surface area contributed by atoms with Crippen molar-refractivity contribution in [3.8, 4) is 0 Å². The molecule has 162 valence electrons. The number of nitrogens with zero attached hydrogens (tertiary/aromatic N) is 2. The Morgan fingerprint density at radius 3 is 2.45 bits per heavy atom. The molecule has 0 spiro atoms. The summed E-state index contributed by atoms with van der Waals surface area (Å²) in [5.41, 5.74) is -0.203. The fraction of sp³-hybridized carbons (Fsp3) is 0.652. The van der Waals surface area contributed by atoms with E-state index in [0.717, 1.165) is 31.8 Å². The van der Waals surface area contributed by atoms with Gasteiger partial charge in [0.15, 0.2) is 0 Å². The molecule has 29 heavy (non-hydrogen) atoms. The molecule has 1 unspecified atom stereocenters. The molecule has 1 atom stereocenters. The summed E-state index contributed by atoms with van der Waals surface area (Å²) >= 11 is 0. The average Bonchev–Trinajstić information content (AvgIpc) is 3.43. The van der Waals surface area contributed by atoms with E-state index in [4.69, 9.17) is 0 Å². The molecule has 1 aromatic heterocycles. The van der Waals surface area contributed by atoms with Crippen LogP contribution in [0.5, 0.6) is 0 Å². The van der Waals surface area contributed by atoms with Crippen LogP contribution in [-0.4, -0.2) is 22.5 Å². The fourth-order valence-electron chi connectivity index (χ4n) is 3.76. The van der Waals surface area contributed by atoms with Gasteiger partial charge in [-0.15, -0.1) is 0 Å². The molecule has 3 nitrogen and oxygen atoms in total. The van der Waals surface area contributed by atoms with Crippen LogP contribution in [0.3, 0.4) is 0 Å². The molecular weight excluding hydrogens is 377 g/mol. The molecular formula is C23H33F3N2O. The third-order valence-electron chi connectivity index (χ3n) is 5.50. The zero-order valence-electron chi connectivity index (χ0n) is 18.1. The summed E-state index contributed by atoms with van der Waals surface area (Å²) in [6.45, 7) is 9.71. The molecule has 2 rings (SSSR count). The Labute approximate surface area is 171 Å². The van der Waals surface area contributed by atoms with Crippen molar-refractivity contribution in [2.75, 3.05) is 0 Å². The van der Waals surface area contributed by atoms with E-state index in [1.54, 1.807) is 23.8 Å². The average molecular weight is 411 g/mol. The van der Waals surface area contributed by atoms with Gasteiger partial charge in [-0.25, -0.2) is 0 Å². The van der Waals surface area contributed by atoms with Crippen molar-refractivity contribution < 1.29 is 13.2 Å². The van der Waals surface area contributed by atoms with Crippen molar-refractivity contribution in [2.45, 2.75) is 91.4 Å². The van der Waals surface area contributed by atoms with Crippen LogP contribution in [0.15, 0.2) is 34.2 Å². The predicted octanol–water partition coefficient (Wildman–Crippen LogP) is 6.58. The lowest BCUT2D eigenvalue weighted by Crippen LogP contribution is -2.26. The summed E-state index contributed by atoms with van der Waals surface area (Å²) in [4.78, 5) is 16.3. The molecule has 1 heterocycles. The summed E-state index contributed by atoms with van der Waals surface area (Å²) in [5.74, 6) is 0. The molecule has 0 aliphatic heterocycles. The first-order valence-corrected chi connectivity index (χ1v) is 10.5. The van der Waals surface area contributed by atoms with Gasteiger partial charge < -0.3 is 4.57 Å². The molecule has 1 aliphatic rings. The maximum Gasteiger partial charge on any atom is 0.432 e. The molecule has 0 N–H and O–H groups in total. The first-order valence-electron chi connectivity index (χ1n) is 10.5. The van der Waals surface area contributed by atoms with Crippen molar-refractivity contribution in [1.29, 1.82) is 0 Å². The molecule has 1 saturated carbocycles. The Balaban J connectivity index is 2.32.